The Morgan fingerprint density at radius 3 is 2.52 bits per heavy atom. The van der Waals surface area contributed by atoms with E-state index < -0.39 is 5.97 Å². The van der Waals surface area contributed by atoms with Crippen molar-refractivity contribution in [1.29, 1.82) is 0 Å². The van der Waals surface area contributed by atoms with Crippen molar-refractivity contribution in [3.63, 3.8) is 0 Å². The van der Waals surface area contributed by atoms with E-state index in [4.69, 9.17) is 4.74 Å². The lowest BCUT2D eigenvalue weighted by Crippen LogP contribution is -2.21. The maximum absolute atomic E-state index is 12.1. The molecule has 0 spiro atoms. The molecule has 2 aromatic carbocycles. The summed E-state index contributed by atoms with van der Waals surface area (Å²) < 4.78 is 6.89. The second-order valence-electron chi connectivity index (χ2n) is 6.32. The van der Waals surface area contributed by atoms with Crippen molar-refractivity contribution in [3.05, 3.63) is 83.2 Å². The molecule has 1 amide bonds. The Labute approximate surface area is 157 Å². The van der Waals surface area contributed by atoms with Gasteiger partial charge in [0.2, 0.25) is 0 Å². The Morgan fingerprint density at radius 2 is 1.85 bits per heavy atom. The molecule has 1 heterocycles. The molecule has 0 aliphatic heterocycles. The summed E-state index contributed by atoms with van der Waals surface area (Å²) in [5, 5.41) is 6.87. The third kappa shape index (κ3) is 5.04. The van der Waals surface area contributed by atoms with E-state index in [-0.39, 0.29) is 12.5 Å². The van der Waals surface area contributed by atoms with Gasteiger partial charge in [-0.05, 0) is 60.9 Å². The molecule has 0 saturated carbocycles. The van der Waals surface area contributed by atoms with Gasteiger partial charge in [0.05, 0.1) is 12.1 Å². The molecule has 0 aliphatic carbocycles. The summed E-state index contributed by atoms with van der Waals surface area (Å²) in [4.78, 5) is 24.1. The molecule has 1 N–H and O–H groups in total. The molecule has 6 nitrogen and oxygen atoms in total. The molecule has 0 radical (unpaired) electrons. The number of carbonyl (C=O) groups excluding carboxylic acids is 2. The molecule has 0 bridgehead atoms. The first-order valence-corrected chi connectivity index (χ1v) is 8.62. The van der Waals surface area contributed by atoms with E-state index >= 15 is 0 Å². The molecule has 0 unspecified atom stereocenters. The van der Waals surface area contributed by atoms with Crippen molar-refractivity contribution in [1.82, 2.24) is 9.78 Å². The smallest absolute Gasteiger partial charge is 0.338 e. The molecule has 0 atom stereocenters. The van der Waals surface area contributed by atoms with Crippen LogP contribution in [0.2, 0.25) is 0 Å². The van der Waals surface area contributed by atoms with Crippen LogP contribution >= 0.6 is 0 Å². The van der Waals surface area contributed by atoms with Crippen LogP contribution in [0.4, 0.5) is 5.69 Å². The SMILES string of the molecule is Cc1ccc(NC(=O)COC(=O)c2ccc(Cn3cccn3)cc2)cc1C. The maximum Gasteiger partial charge on any atom is 0.338 e. The fraction of sp³-hybridized carbons (Fsp3) is 0.190. The first kappa shape index (κ1) is 18.4. The highest BCUT2D eigenvalue weighted by molar-refractivity contribution is 5.95. The summed E-state index contributed by atoms with van der Waals surface area (Å²) >= 11 is 0. The molecule has 1 aromatic heterocycles. The topological polar surface area (TPSA) is 73.2 Å². The van der Waals surface area contributed by atoms with E-state index in [2.05, 4.69) is 10.4 Å². The molecule has 6 heteroatoms. The highest BCUT2D eigenvalue weighted by atomic mass is 16.5. The van der Waals surface area contributed by atoms with E-state index in [1.54, 1.807) is 23.0 Å². The summed E-state index contributed by atoms with van der Waals surface area (Å²) in [5.74, 6) is -0.905. The van der Waals surface area contributed by atoms with Gasteiger partial charge in [-0.1, -0.05) is 18.2 Å². The average molecular weight is 363 g/mol. The highest BCUT2D eigenvalue weighted by Gasteiger charge is 2.11. The van der Waals surface area contributed by atoms with Gasteiger partial charge < -0.3 is 10.1 Å². The van der Waals surface area contributed by atoms with Crippen molar-refractivity contribution in [2.24, 2.45) is 0 Å². The number of carbonyl (C=O) groups is 2. The number of ether oxygens (including phenoxy) is 1. The second kappa shape index (κ2) is 8.31. The number of hydrogen-bond donors (Lipinski definition) is 1. The Morgan fingerprint density at radius 1 is 1.07 bits per heavy atom. The third-order valence-corrected chi connectivity index (χ3v) is 4.22. The number of anilines is 1. The first-order chi connectivity index (χ1) is 13.0. The van der Waals surface area contributed by atoms with Gasteiger partial charge in [-0.15, -0.1) is 0 Å². The minimum atomic E-state index is -0.532. The van der Waals surface area contributed by atoms with E-state index in [1.807, 2.05) is 56.4 Å². The Kier molecular flexibility index (Phi) is 5.66. The number of nitrogens with one attached hydrogen (secondary N) is 1. The number of aryl methyl sites for hydroxylation is 2. The fourth-order valence-electron chi connectivity index (χ4n) is 2.56. The van der Waals surface area contributed by atoms with Crippen molar-refractivity contribution in [2.75, 3.05) is 11.9 Å². The minimum Gasteiger partial charge on any atom is -0.452 e. The highest BCUT2D eigenvalue weighted by Crippen LogP contribution is 2.14. The third-order valence-electron chi connectivity index (χ3n) is 4.22. The van der Waals surface area contributed by atoms with Crippen LogP contribution in [0.15, 0.2) is 60.9 Å². The maximum atomic E-state index is 12.1. The van der Waals surface area contributed by atoms with Crippen molar-refractivity contribution in [2.45, 2.75) is 20.4 Å². The molecule has 3 aromatic rings. The average Bonchev–Trinajstić information content (AvgIpc) is 3.16. The zero-order valence-corrected chi connectivity index (χ0v) is 15.3. The standard InChI is InChI=1S/C21H21N3O3/c1-15-4-9-19(12-16(15)2)23-20(25)14-27-21(26)18-7-5-17(6-8-18)13-24-11-3-10-22-24/h3-12H,13-14H2,1-2H3,(H,23,25). The van der Waals surface area contributed by atoms with Crippen LogP contribution < -0.4 is 5.32 Å². The first-order valence-electron chi connectivity index (χ1n) is 8.62. The van der Waals surface area contributed by atoms with Gasteiger partial charge in [0.25, 0.3) is 5.91 Å². The van der Waals surface area contributed by atoms with Gasteiger partial charge in [-0.25, -0.2) is 4.79 Å². The zero-order valence-electron chi connectivity index (χ0n) is 15.3. The number of nitrogens with zero attached hydrogens (tertiary/aromatic N) is 2. The number of amides is 1. The van der Waals surface area contributed by atoms with Gasteiger partial charge in [-0.3, -0.25) is 9.48 Å². The van der Waals surface area contributed by atoms with Crippen LogP contribution in [-0.2, 0) is 16.1 Å². The lowest BCUT2D eigenvalue weighted by atomic mass is 10.1. The molecular weight excluding hydrogens is 342 g/mol. The van der Waals surface area contributed by atoms with Gasteiger partial charge in [0.15, 0.2) is 6.61 Å². The van der Waals surface area contributed by atoms with Gasteiger partial charge >= 0.3 is 5.97 Å². The summed E-state index contributed by atoms with van der Waals surface area (Å²) in [6, 6.07) is 14.5. The predicted molar refractivity (Wildman–Crippen MR) is 103 cm³/mol. The van der Waals surface area contributed by atoms with Crippen molar-refractivity contribution >= 4 is 17.6 Å². The summed E-state index contributed by atoms with van der Waals surface area (Å²) in [7, 11) is 0. The zero-order chi connectivity index (χ0) is 19.2. The number of esters is 1. The summed E-state index contributed by atoms with van der Waals surface area (Å²) in [5.41, 5.74) is 4.33. The Balaban J connectivity index is 1.50. The van der Waals surface area contributed by atoms with E-state index in [1.165, 1.54) is 0 Å². The Hall–Kier alpha value is -3.41. The lowest BCUT2D eigenvalue weighted by molar-refractivity contribution is -0.119. The predicted octanol–water partition coefficient (Wildman–Crippen LogP) is 3.34. The van der Waals surface area contributed by atoms with E-state index in [9.17, 15) is 9.59 Å². The van der Waals surface area contributed by atoms with Crippen LogP contribution in [0.5, 0.6) is 0 Å². The molecule has 0 fully saturated rings. The Bertz CT molecular complexity index is 932. The lowest BCUT2D eigenvalue weighted by Gasteiger charge is -2.09. The van der Waals surface area contributed by atoms with Crippen molar-refractivity contribution < 1.29 is 14.3 Å². The van der Waals surface area contributed by atoms with E-state index in [0.29, 0.717) is 17.8 Å². The van der Waals surface area contributed by atoms with E-state index in [0.717, 1.165) is 16.7 Å². The number of hydrogen-bond acceptors (Lipinski definition) is 4. The van der Waals surface area contributed by atoms with Gasteiger partial charge in [0, 0.05) is 18.1 Å². The van der Waals surface area contributed by atoms with Crippen LogP contribution in [-0.4, -0.2) is 28.3 Å². The summed E-state index contributed by atoms with van der Waals surface area (Å²) in [6.07, 6.45) is 3.59. The van der Waals surface area contributed by atoms with Crippen LogP contribution in [0.1, 0.15) is 27.0 Å². The normalized spacial score (nSPS) is 10.4. The monoisotopic (exact) mass is 363 g/mol. The largest absolute Gasteiger partial charge is 0.452 e. The van der Waals surface area contributed by atoms with Crippen molar-refractivity contribution in [3.8, 4) is 0 Å². The minimum absolute atomic E-state index is 0.333. The molecule has 138 valence electrons. The number of aromatic nitrogens is 2. The fourth-order valence-corrected chi connectivity index (χ4v) is 2.56. The molecule has 0 aliphatic rings. The van der Waals surface area contributed by atoms with Crippen LogP contribution in [0.3, 0.4) is 0 Å². The molecule has 3 rings (SSSR count). The van der Waals surface area contributed by atoms with Gasteiger partial charge in [0.1, 0.15) is 0 Å². The van der Waals surface area contributed by atoms with Crippen LogP contribution in [0.25, 0.3) is 0 Å². The van der Waals surface area contributed by atoms with Gasteiger partial charge in [-0.2, -0.15) is 5.10 Å². The van der Waals surface area contributed by atoms with Crippen LogP contribution in [0, 0.1) is 13.8 Å². The molecular formula is C21H21N3O3. The number of benzene rings is 2. The molecule has 27 heavy (non-hydrogen) atoms. The quantitative estimate of drug-likeness (QED) is 0.682. The molecule has 0 saturated heterocycles. The number of rotatable bonds is 6. The second-order valence-corrected chi connectivity index (χ2v) is 6.32. The summed E-state index contributed by atoms with van der Waals surface area (Å²) in [6.45, 7) is 4.27.